The van der Waals surface area contributed by atoms with Crippen molar-refractivity contribution in [3.8, 4) is 0 Å². The van der Waals surface area contributed by atoms with Crippen LogP contribution in [0.5, 0.6) is 0 Å². The normalized spacial score (nSPS) is 25.0. The Bertz CT molecular complexity index is 636. The van der Waals surface area contributed by atoms with Gasteiger partial charge in [0.1, 0.15) is 5.82 Å². The summed E-state index contributed by atoms with van der Waals surface area (Å²) in [6.45, 7) is 5.29. The van der Waals surface area contributed by atoms with Crippen LogP contribution in [0.2, 0.25) is 0 Å². The van der Waals surface area contributed by atoms with Crippen LogP contribution >= 0.6 is 12.4 Å². The molecule has 21 heavy (non-hydrogen) atoms. The topological polar surface area (TPSA) is 28.2 Å². The van der Waals surface area contributed by atoms with Gasteiger partial charge in [0.25, 0.3) is 0 Å². The first kappa shape index (κ1) is 14.7. The Morgan fingerprint density at radius 1 is 1.24 bits per heavy atom. The maximum absolute atomic E-state index is 13.7. The van der Waals surface area contributed by atoms with E-state index in [-0.39, 0.29) is 18.2 Å². The van der Waals surface area contributed by atoms with Crippen molar-refractivity contribution >= 4 is 23.3 Å². The van der Waals surface area contributed by atoms with Crippen LogP contribution in [0.25, 0.3) is 10.9 Å². The van der Waals surface area contributed by atoms with Crippen LogP contribution in [0.4, 0.5) is 4.39 Å². The fourth-order valence-electron chi connectivity index (χ4n) is 3.67. The molecule has 0 spiro atoms. The molecule has 1 N–H and O–H groups in total. The van der Waals surface area contributed by atoms with Crippen LogP contribution in [0.3, 0.4) is 0 Å². The Morgan fingerprint density at radius 3 is 2.76 bits per heavy atom. The third kappa shape index (κ3) is 2.76. The van der Waals surface area contributed by atoms with Crippen LogP contribution < -0.4 is 5.32 Å². The smallest absolute Gasteiger partial charge is 0.124 e. The van der Waals surface area contributed by atoms with Gasteiger partial charge in [0.05, 0.1) is 5.52 Å². The molecule has 2 aromatic rings. The van der Waals surface area contributed by atoms with Gasteiger partial charge in [0.15, 0.2) is 0 Å². The minimum atomic E-state index is -0.165. The number of aromatic nitrogens is 1. The van der Waals surface area contributed by atoms with E-state index in [2.05, 4.69) is 15.2 Å². The number of rotatable bonds is 2. The van der Waals surface area contributed by atoms with Gasteiger partial charge in [-0.25, -0.2) is 4.39 Å². The summed E-state index contributed by atoms with van der Waals surface area (Å²) in [7, 11) is 0. The van der Waals surface area contributed by atoms with Gasteiger partial charge in [-0.3, -0.25) is 9.88 Å². The molecule has 2 aliphatic heterocycles. The zero-order chi connectivity index (χ0) is 13.5. The second kappa shape index (κ2) is 5.87. The van der Waals surface area contributed by atoms with Crippen molar-refractivity contribution in [2.75, 3.05) is 26.2 Å². The fourth-order valence-corrected chi connectivity index (χ4v) is 3.67. The zero-order valence-corrected chi connectivity index (χ0v) is 12.6. The van der Waals surface area contributed by atoms with E-state index < -0.39 is 0 Å². The van der Waals surface area contributed by atoms with Gasteiger partial charge in [-0.2, -0.15) is 0 Å². The molecule has 112 valence electrons. The summed E-state index contributed by atoms with van der Waals surface area (Å²) in [5.41, 5.74) is 1.94. The number of fused-ring (bicyclic) bond motifs is 2. The van der Waals surface area contributed by atoms with Crippen molar-refractivity contribution in [3.63, 3.8) is 0 Å². The fraction of sp³-hybridized carbons (Fsp3) is 0.438. The molecule has 3 nitrogen and oxygen atoms in total. The quantitative estimate of drug-likeness (QED) is 0.924. The number of likely N-dealkylation sites (tertiary alicyclic amines) is 1. The van der Waals surface area contributed by atoms with Crippen molar-refractivity contribution < 1.29 is 4.39 Å². The van der Waals surface area contributed by atoms with E-state index in [1.165, 1.54) is 0 Å². The first-order valence-electron chi connectivity index (χ1n) is 7.26. The first-order chi connectivity index (χ1) is 9.79. The molecule has 2 fully saturated rings. The first-order valence-corrected chi connectivity index (χ1v) is 7.26. The van der Waals surface area contributed by atoms with E-state index in [1.807, 2.05) is 12.1 Å². The van der Waals surface area contributed by atoms with Crippen molar-refractivity contribution in [1.29, 1.82) is 0 Å². The van der Waals surface area contributed by atoms with Crippen LogP contribution in [-0.2, 0) is 6.54 Å². The largest absolute Gasteiger partial charge is 0.316 e. The van der Waals surface area contributed by atoms with Crippen molar-refractivity contribution in [3.05, 3.63) is 41.8 Å². The molecular formula is C16H19ClFN3. The van der Waals surface area contributed by atoms with Gasteiger partial charge < -0.3 is 5.32 Å². The Morgan fingerprint density at radius 2 is 2.00 bits per heavy atom. The van der Waals surface area contributed by atoms with Crippen molar-refractivity contribution in [2.45, 2.75) is 6.54 Å². The predicted molar refractivity (Wildman–Crippen MR) is 84.1 cm³/mol. The zero-order valence-electron chi connectivity index (χ0n) is 11.8. The average molecular weight is 308 g/mol. The summed E-state index contributed by atoms with van der Waals surface area (Å²) in [6.07, 6.45) is 1.78. The molecule has 5 heteroatoms. The van der Waals surface area contributed by atoms with Gasteiger partial charge in [-0.05, 0) is 48.7 Å². The van der Waals surface area contributed by atoms with Gasteiger partial charge in [-0.1, -0.05) is 6.07 Å². The van der Waals surface area contributed by atoms with Gasteiger partial charge >= 0.3 is 0 Å². The maximum Gasteiger partial charge on any atom is 0.124 e. The van der Waals surface area contributed by atoms with Crippen LogP contribution in [0.1, 0.15) is 5.56 Å². The number of benzene rings is 1. The number of pyridine rings is 1. The van der Waals surface area contributed by atoms with E-state index in [9.17, 15) is 4.39 Å². The van der Waals surface area contributed by atoms with E-state index in [0.29, 0.717) is 0 Å². The lowest BCUT2D eigenvalue weighted by Gasteiger charge is -2.18. The third-order valence-corrected chi connectivity index (χ3v) is 4.61. The summed E-state index contributed by atoms with van der Waals surface area (Å²) in [4.78, 5) is 6.87. The Labute approximate surface area is 130 Å². The van der Waals surface area contributed by atoms with Crippen LogP contribution in [0.15, 0.2) is 30.5 Å². The highest BCUT2D eigenvalue weighted by Gasteiger charge is 2.35. The summed E-state index contributed by atoms with van der Waals surface area (Å²) in [5.74, 6) is 1.37. The van der Waals surface area contributed by atoms with Crippen molar-refractivity contribution in [2.24, 2.45) is 11.8 Å². The SMILES string of the molecule is Cl.Fc1cc(CN2C[C@H]3CNC[C@H]3C2)c2ncccc2c1. The molecule has 0 saturated carbocycles. The molecule has 2 atom stereocenters. The van der Waals surface area contributed by atoms with E-state index in [0.717, 1.165) is 61.0 Å². The molecule has 2 saturated heterocycles. The predicted octanol–water partition coefficient (Wildman–Crippen LogP) is 2.45. The molecule has 4 rings (SSSR count). The molecule has 1 aromatic carbocycles. The number of nitrogens with zero attached hydrogens (tertiary/aromatic N) is 2. The van der Waals surface area contributed by atoms with Crippen LogP contribution in [0, 0.1) is 17.7 Å². The van der Waals surface area contributed by atoms with E-state index >= 15 is 0 Å². The molecule has 0 radical (unpaired) electrons. The van der Waals surface area contributed by atoms with E-state index in [1.54, 1.807) is 18.3 Å². The molecule has 1 aromatic heterocycles. The molecular weight excluding hydrogens is 289 g/mol. The molecule has 0 unspecified atom stereocenters. The molecule has 3 heterocycles. The number of halogens is 2. The lowest BCUT2D eigenvalue weighted by Crippen LogP contribution is -2.25. The molecule has 0 amide bonds. The van der Waals surface area contributed by atoms with Gasteiger partial charge in [-0.15, -0.1) is 12.4 Å². The number of hydrogen-bond acceptors (Lipinski definition) is 3. The molecule has 0 aliphatic carbocycles. The second-order valence-electron chi connectivity index (χ2n) is 6.01. The second-order valence-corrected chi connectivity index (χ2v) is 6.01. The number of hydrogen-bond donors (Lipinski definition) is 1. The highest BCUT2D eigenvalue weighted by atomic mass is 35.5. The summed E-state index contributed by atoms with van der Waals surface area (Å²) < 4.78 is 13.7. The summed E-state index contributed by atoms with van der Waals surface area (Å²) in [6, 6.07) is 6.99. The lowest BCUT2D eigenvalue weighted by molar-refractivity contribution is 0.306. The highest BCUT2D eigenvalue weighted by Crippen LogP contribution is 2.28. The molecule has 0 bridgehead atoms. The highest BCUT2D eigenvalue weighted by molar-refractivity contribution is 5.85. The maximum atomic E-state index is 13.7. The minimum absolute atomic E-state index is 0. The third-order valence-electron chi connectivity index (χ3n) is 4.61. The lowest BCUT2D eigenvalue weighted by atomic mass is 10.0. The standard InChI is InChI=1S/C16H18FN3.ClH/c17-15-4-11-2-1-3-19-16(11)12(5-15)8-20-9-13-6-18-7-14(13)10-20;/h1-5,13-14,18H,6-10H2;1H/t13-,14+;. The average Bonchev–Trinajstić information content (AvgIpc) is 2.99. The Hall–Kier alpha value is -1.23. The minimum Gasteiger partial charge on any atom is -0.316 e. The summed E-state index contributed by atoms with van der Waals surface area (Å²) >= 11 is 0. The Balaban J connectivity index is 0.00000132. The van der Waals surface area contributed by atoms with Crippen LogP contribution in [-0.4, -0.2) is 36.1 Å². The van der Waals surface area contributed by atoms with Crippen molar-refractivity contribution in [1.82, 2.24) is 15.2 Å². The van der Waals surface area contributed by atoms with Gasteiger partial charge in [0.2, 0.25) is 0 Å². The number of nitrogens with one attached hydrogen (secondary N) is 1. The Kier molecular flexibility index (Phi) is 4.11. The summed E-state index contributed by atoms with van der Waals surface area (Å²) in [5, 5.41) is 4.34. The monoisotopic (exact) mass is 307 g/mol. The van der Waals surface area contributed by atoms with Gasteiger partial charge in [0, 0.05) is 31.2 Å². The molecule has 2 aliphatic rings. The van der Waals surface area contributed by atoms with E-state index in [4.69, 9.17) is 0 Å².